The molecule has 0 aromatic heterocycles. The zero-order valence-corrected chi connectivity index (χ0v) is 27.3. The minimum absolute atomic E-state index is 0.0166. The lowest BCUT2D eigenvalue weighted by Gasteiger charge is -2.27. The monoisotopic (exact) mass is 660 g/mol. The van der Waals surface area contributed by atoms with Crippen LogP contribution in [0.3, 0.4) is 0 Å². The van der Waals surface area contributed by atoms with Gasteiger partial charge in [-0.1, -0.05) is 12.1 Å². The number of carbonyl (C=O) groups is 2. The van der Waals surface area contributed by atoms with Gasteiger partial charge < -0.3 is 48.1 Å². The number of phenols is 2. The highest BCUT2D eigenvalue weighted by molar-refractivity contribution is 5.80. The first-order valence-electron chi connectivity index (χ1n) is 14.8. The summed E-state index contributed by atoms with van der Waals surface area (Å²) in [6, 6.07) is 17.0. The van der Waals surface area contributed by atoms with Crippen LogP contribution in [0.5, 0.6) is 57.5 Å². The van der Waals surface area contributed by atoms with Gasteiger partial charge in [0.25, 0.3) is 0 Å². The maximum Gasteiger partial charge on any atom is 0.312 e. The van der Waals surface area contributed by atoms with Crippen molar-refractivity contribution in [2.45, 2.75) is 24.7 Å². The van der Waals surface area contributed by atoms with Crippen LogP contribution in [0.2, 0.25) is 0 Å². The summed E-state index contributed by atoms with van der Waals surface area (Å²) in [7, 11) is 9.13. The first-order chi connectivity index (χ1) is 23.1. The molecule has 2 atom stereocenters. The second-order valence-electron chi connectivity index (χ2n) is 10.8. The van der Waals surface area contributed by atoms with Crippen LogP contribution >= 0.6 is 0 Å². The average Bonchev–Trinajstić information content (AvgIpc) is 3.09. The normalized spacial score (nSPS) is 16.1. The van der Waals surface area contributed by atoms with Gasteiger partial charge >= 0.3 is 11.9 Å². The smallest absolute Gasteiger partial charge is 0.312 e. The molecule has 4 aromatic carbocycles. The summed E-state index contributed by atoms with van der Waals surface area (Å²) in [6.07, 6.45) is 0.308. The van der Waals surface area contributed by atoms with E-state index in [0.29, 0.717) is 46.0 Å². The van der Waals surface area contributed by atoms with Gasteiger partial charge in [0.05, 0.1) is 55.5 Å². The van der Waals surface area contributed by atoms with Crippen molar-refractivity contribution in [2.75, 3.05) is 42.7 Å². The van der Waals surface area contributed by atoms with E-state index in [4.69, 9.17) is 37.9 Å². The quantitative estimate of drug-likeness (QED) is 0.176. The van der Waals surface area contributed by atoms with E-state index in [-0.39, 0.29) is 48.1 Å². The first kappa shape index (κ1) is 33.6. The zero-order chi connectivity index (χ0) is 34.5. The molecule has 12 heteroatoms. The Morgan fingerprint density at radius 3 is 1.21 bits per heavy atom. The van der Waals surface area contributed by atoms with Crippen molar-refractivity contribution in [3.63, 3.8) is 0 Å². The topological polar surface area (TPSA) is 148 Å². The summed E-state index contributed by atoms with van der Waals surface area (Å²) in [5.41, 5.74) is 3.05. The standard InChI is InChI=1S/2C18H18O6/c2*1-21-11-7-15(23-3)18-12(9-17(20)24-16(18)8-11)10-4-5-14(22-2)13(19)6-10/h2*4-8,12,19H,9H2,1-3H3/t2*12-/m10/s1. The average molecular weight is 661 g/mol. The third-order valence-corrected chi connectivity index (χ3v) is 8.16. The van der Waals surface area contributed by atoms with Crippen LogP contribution in [0.4, 0.5) is 0 Å². The number of phenolic OH excluding ortho intramolecular Hbond substituents is 2. The number of hydrogen-bond donors (Lipinski definition) is 2. The van der Waals surface area contributed by atoms with Gasteiger partial charge in [0.1, 0.15) is 34.5 Å². The van der Waals surface area contributed by atoms with Gasteiger partial charge in [-0.2, -0.15) is 0 Å². The molecule has 48 heavy (non-hydrogen) atoms. The summed E-state index contributed by atoms with van der Waals surface area (Å²) in [6.45, 7) is 0. The Hall–Kier alpha value is -5.78. The number of rotatable bonds is 8. The third kappa shape index (κ3) is 6.68. The van der Waals surface area contributed by atoms with Gasteiger partial charge in [0.2, 0.25) is 0 Å². The number of aromatic hydroxyl groups is 2. The van der Waals surface area contributed by atoms with E-state index in [1.54, 1.807) is 62.8 Å². The zero-order valence-electron chi connectivity index (χ0n) is 27.3. The fourth-order valence-corrected chi connectivity index (χ4v) is 5.87. The molecule has 0 radical (unpaired) electrons. The molecule has 0 bridgehead atoms. The van der Waals surface area contributed by atoms with Gasteiger partial charge in [-0.05, 0) is 35.4 Å². The van der Waals surface area contributed by atoms with Crippen molar-refractivity contribution in [2.24, 2.45) is 0 Å². The lowest BCUT2D eigenvalue weighted by Crippen LogP contribution is -2.21. The summed E-state index contributed by atoms with van der Waals surface area (Å²) >= 11 is 0. The number of ether oxygens (including phenoxy) is 8. The largest absolute Gasteiger partial charge is 0.504 e. The number of methoxy groups -OCH3 is 6. The highest BCUT2D eigenvalue weighted by atomic mass is 16.5. The molecular weight excluding hydrogens is 624 g/mol. The molecule has 2 N–H and O–H groups in total. The van der Waals surface area contributed by atoms with Gasteiger partial charge in [0, 0.05) is 47.2 Å². The fraction of sp³-hybridized carbons (Fsp3) is 0.278. The van der Waals surface area contributed by atoms with E-state index in [0.717, 1.165) is 22.3 Å². The fourth-order valence-electron chi connectivity index (χ4n) is 5.87. The van der Waals surface area contributed by atoms with Crippen molar-refractivity contribution in [3.05, 3.63) is 82.9 Å². The maximum atomic E-state index is 12.0. The Balaban J connectivity index is 0.000000188. The Morgan fingerprint density at radius 1 is 0.521 bits per heavy atom. The molecule has 2 heterocycles. The van der Waals surface area contributed by atoms with Crippen molar-refractivity contribution in [3.8, 4) is 57.5 Å². The molecule has 0 amide bonds. The number of esters is 2. The molecule has 0 saturated heterocycles. The van der Waals surface area contributed by atoms with E-state index in [1.807, 2.05) is 12.1 Å². The molecule has 0 saturated carbocycles. The van der Waals surface area contributed by atoms with Gasteiger partial charge in [-0.3, -0.25) is 9.59 Å². The second-order valence-corrected chi connectivity index (χ2v) is 10.8. The van der Waals surface area contributed by atoms with Crippen LogP contribution < -0.4 is 37.9 Å². The molecule has 2 aliphatic rings. The molecule has 0 spiro atoms. The van der Waals surface area contributed by atoms with Crippen molar-refractivity contribution < 1.29 is 57.7 Å². The maximum absolute atomic E-state index is 12.0. The van der Waals surface area contributed by atoms with Gasteiger partial charge in [0.15, 0.2) is 23.0 Å². The molecule has 0 aliphatic carbocycles. The Morgan fingerprint density at radius 2 is 0.896 bits per heavy atom. The Bertz CT molecular complexity index is 1700. The second kappa shape index (κ2) is 14.3. The van der Waals surface area contributed by atoms with Crippen molar-refractivity contribution in [1.29, 1.82) is 0 Å². The number of fused-ring (bicyclic) bond motifs is 2. The van der Waals surface area contributed by atoms with E-state index in [2.05, 4.69) is 0 Å². The highest BCUT2D eigenvalue weighted by Crippen LogP contribution is 2.48. The van der Waals surface area contributed by atoms with Crippen molar-refractivity contribution in [1.82, 2.24) is 0 Å². The Labute approximate surface area is 277 Å². The van der Waals surface area contributed by atoms with E-state index < -0.39 is 0 Å². The SMILES string of the molecule is COc1cc(OC)c2c(c1)OC(=O)C[C@@H]2c1ccc(OC)c(O)c1.COc1cc(OC)c2c(c1)OC(=O)C[C@H]2c1ccc(OC)c(O)c1. The van der Waals surface area contributed by atoms with Crippen molar-refractivity contribution >= 4 is 11.9 Å². The van der Waals surface area contributed by atoms with Crippen LogP contribution in [-0.2, 0) is 9.59 Å². The molecule has 252 valence electrons. The Kier molecular flexibility index (Phi) is 10.0. The summed E-state index contributed by atoms with van der Waals surface area (Å²) in [4.78, 5) is 24.1. The van der Waals surface area contributed by atoms with Gasteiger partial charge in [-0.15, -0.1) is 0 Å². The van der Waals surface area contributed by atoms with Crippen LogP contribution in [-0.4, -0.2) is 64.8 Å². The van der Waals surface area contributed by atoms with Crippen LogP contribution in [0.1, 0.15) is 46.9 Å². The van der Waals surface area contributed by atoms with E-state index in [1.165, 1.54) is 28.4 Å². The lowest BCUT2D eigenvalue weighted by atomic mass is 9.85. The summed E-state index contributed by atoms with van der Waals surface area (Å²) < 4.78 is 42.2. The predicted octanol–water partition coefficient (Wildman–Crippen LogP) is 5.72. The predicted molar refractivity (Wildman–Crippen MR) is 173 cm³/mol. The summed E-state index contributed by atoms with van der Waals surface area (Å²) in [5, 5.41) is 20.1. The molecule has 4 aromatic rings. The third-order valence-electron chi connectivity index (χ3n) is 8.16. The molecule has 12 nitrogen and oxygen atoms in total. The number of carbonyl (C=O) groups excluding carboxylic acids is 2. The van der Waals surface area contributed by atoms with Crippen LogP contribution in [0.15, 0.2) is 60.7 Å². The minimum Gasteiger partial charge on any atom is -0.504 e. The van der Waals surface area contributed by atoms with Crippen LogP contribution in [0, 0.1) is 0 Å². The van der Waals surface area contributed by atoms with Crippen LogP contribution in [0.25, 0.3) is 0 Å². The molecular formula is C36H36O12. The van der Waals surface area contributed by atoms with Gasteiger partial charge in [-0.25, -0.2) is 0 Å². The highest BCUT2D eigenvalue weighted by Gasteiger charge is 2.34. The van der Waals surface area contributed by atoms with E-state index in [9.17, 15) is 19.8 Å². The number of hydrogen-bond acceptors (Lipinski definition) is 12. The number of benzene rings is 4. The molecule has 6 rings (SSSR count). The molecule has 0 fully saturated rings. The minimum atomic E-state index is -0.349. The first-order valence-corrected chi connectivity index (χ1v) is 14.8. The van der Waals surface area contributed by atoms with E-state index >= 15 is 0 Å². The molecule has 2 aliphatic heterocycles. The summed E-state index contributed by atoms with van der Waals surface area (Å²) in [5.74, 6) is 2.52. The lowest BCUT2D eigenvalue weighted by molar-refractivity contribution is -0.136. The molecule has 0 unspecified atom stereocenters.